The predicted octanol–water partition coefficient (Wildman–Crippen LogP) is 5.63. The lowest BCUT2D eigenvalue weighted by Crippen LogP contribution is -2.32. The van der Waals surface area contributed by atoms with Crippen molar-refractivity contribution in [1.29, 1.82) is 0 Å². The molecule has 2 bridgehead atoms. The highest BCUT2D eigenvalue weighted by molar-refractivity contribution is 5.82. The fraction of sp³-hybridized carbons (Fsp3) is 0.656. The van der Waals surface area contributed by atoms with Crippen molar-refractivity contribution in [1.82, 2.24) is 0 Å². The van der Waals surface area contributed by atoms with Crippen LogP contribution in [0.25, 0.3) is 0 Å². The molecule has 3 heterocycles. The molecular weight excluding hydrogens is 480 g/mol. The highest BCUT2D eigenvalue weighted by Gasteiger charge is 2.45. The van der Waals surface area contributed by atoms with E-state index in [4.69, 9.17) is 18.9 Å². The second kappa shape index (κ2) is 13.9. The molecule has 6 nitrogen and oxygen atoms in total. The van der Waals surface area contributed by atoms with E-state index in [1.165, 1.54) is 11.6 Å². The van der Waals surface area contributed by atoms with Crippen LogP contribution in [-0.4, -0.2) is 61.4 Å². The summed E-state index contributed by atoms with van der Waals surface area (Å²) in [4.78, 5) is 12.9. The summed E-state index contributed by atoms with van der Waals surface area (Å²) in [6, 6.07) is 0. The monoisotopic (exact) mass is 526 g/mol. The summed E-state index contributed by atoms with van der Waals surface area (Å²) in [6.07, 6.45) is 19.0. The van der Waals surface area contributed by atoms with Gasteiger partial charge in [0.15, 0.2) is 0 Å². The number of hydrogen-bond donors (Lipinski definition) is 1. The Bertz CT molecular complexity index is 932. The Morgan fingerprint density at radius 1 is 1.16 bits per heavy atom. The molecule has 0 radical (unpaired) electrons. The zero-order valence-electron chi connectivity index (χ0n) is 23.3. The van der Waals surface area contributed by atoms with Crippen LogP contribution in [0.4, 0.5) is 0 Å². The number of carbonyl (C=O) groups excluding carboxylic acids is 1. The second-order valence-corrected chi connectivity index (χ2v) is 11.7. The molecule has 210 valence electrons. The van der Waals surface area contributed by atoms with Crippen LogP contribution < -0.4 is 0 Å². The van der Waals surface area contributed by atoms with E-state index in [1.807, 2.05) is 18.2 Å². The highest BCUT2D eigenvalue weighted by atomic mass is 16.6. The topological polar surface area (TPSA) is 74.2 Å². The number of esters is 1. The number of rotatable bonds is 4. The predicted molar refractivity (Wildman–Crippen MR) is 148 cm³/mol. The fourth-order valence-electron chi connectivity index (χ4n) is 6.10. The van der Waals surface area contributed by atoms with Crippen molar-refractivity contribution in [2.75, 3.05) is 13.7 Å². The third-order valence-electron chi connectivity index (χ3n) is 8.23. The lowest BCUT2D eigenvalue weighted by Gasteiger charge is -2.28. The van der Waals surface area contributed by atoms with Crippen molar-refractivity contribution in [3.05, 3.63) is 60.3 Å². The molecule has 1 saturated carbocycles. The standard InChI is InChI=1S/C32H46O6/c1-21-13-14-36-26(16-21)11-12-30(35-4)31-20-24-19-28(24)29(33)18-23(3)15-22(2)17-27-9-5-7-25(37-27)8-6-10-32(34)38-31/h5-7,10-13,22,24-31,33H,3,8-9,14-20H2,1-2,4H3/b10-6-,12-11+/t22-,24-,25-,26+,27-,28?,29-,30-,31-/m0/s1. The molecule has 1 aliphatic carbocycles. The molecule has 38 heavy (non-hydrogen) atoms. The molecule has 0 spiro atoms. The van der Waals surface area contributed by atoms with Crippen LogP contribution in [0, 0.1) is 17.8 Å². The van der Waals surface area contributed by atoms with Gasteiger partial charge in [0.25, 0.3) is 0 Å². The van der Waals surface area contributed by atoms with E-state index in [2.05, 4.69) is 38.7 Å². The Hall–Kier alpha value is -1.99. The molecular formula is C32H46O6. The van der Waals surface area contributed by atoms with Crippen LogP contribution in [0.15, 0.2) is 60.3 Å². The second-order valence-electron chi connectivity index (χ2n) is 11.7. The first kappa shape index (κ1) is 29.0. The molecule has 1 unspecified atom stereocenters. The number of carbonyl (C=O) groups is 1. The Morgan fingerprint density at radius 3 is 2.79 bits per heavy atom. The Balaban J connectivity index is 1.47. The summed E-state index contributed by atoms with van der Waals surface area (Å²) in [5, 5.41) is 11.0. The zero-order valence-corrected chi connectivity index (χ0v) is 23.3. The smallest absolute Gasteiger partial charge is 0.330 e. The van der Waals surface area contributed by atoms with Crippen molar-refractivity contribution in [2.45, 2.75) is 102 Å². The van der Waals surface area contributed by atoms with Gasteiger partial charge in [-0.1, -0.05) is 61.1 Å². The van der Waals surface area contributed by atoms with Gasteiger partial charge in [0, 0.05) is 13.2 Å². The molecule has 0 aromatic heterocycles. The van der Waals surface area contributed by atoms with E-state index in [-0.39, 0.29) is 36.1 Å². The SMILES string of the molecule is C=C1C[C@H](C)C[C@@H]2CC=C[C@@H](C/C=C\C(=O)O[C@H]([C@H](/C=C/[C@@H]3CC(C)=CCO3)OC)C[C@@H]3CC3[C@@H](O)C1)O2. The van der Waals surface area contributed by atoms with Crippen molar-refractivity contribution < 1.29 is 28.8 Å². The van der Waals surface area contributed by atoms with E-state index in [0.29, 0.717) is 31.8 Å². The van der Waals surface area contributed by atoms with Crippen molar-refractivity contribution >= 4 is 5.97 Å². The molecule has 4 aliphatic rings. The van der Waals surface area contributed by atoms with Crippen LogP contribution in [0.3, 0.4) is 0 Å². The van der Waals surface area contributed by atoms with Crippen LogP contribution in [0.2, 0.25) is 0 Å². The maximum atomic E-state index is 12.9. The minimum absolute atomic E-state index is 0.0104. The van der Waals surface area contributed by atoms with Gasteiger partial charge in [-0.25, -0.2) is 4.79 Å². The van der Waals surface area contributed by atoms with Crippen molar-refractivity contribution in [2.24, 2.45) is 17.8 Å². The van der Waals surface area contributed by atoms with Gasteiger partial charge in [-0.05, 0) is 76.0 Å². The van der Waals surface area contributed by atoms with Gasteiger partial charge in [-0.2, -0.15) is 0 Å². The number of methoxy groups -OCH3 is 1. The number of aliphatic hydroxyl groups excluding tert-OH is 1. The van der Waals surface area contributed by atoms with Crippen LogP contribution in [0.5, 0.6) is 0 Å². The zero-order chi connectivity index (χ0) is 27.1. The molecule has 1 fully saturated rings. The average molecular weight is 527 g/mol. The van der Waals surface area contributed by atoms with Crippen LogP contribution in [-0.2, 0) is 23.7 Å². The molecule has 4 rings (SSSR count). The third-order valence-corrected chi connectivity index (χ3v) is 8.23. The minimum Gasteiger partial charge on any atom is -0.456 e. The Labute approximate surface area is 228 Å². The van der Waals surface area contributed by atoms with Gasteiger partial charge in [0.1, 0.15) is 12.2 Å². The van der Waals surface area contributed by atoms with E-state index in [0.717, 1.165) is 37.7 Å². The fourth-order valence-corrected chi connectivity index (χ4v) is 6.10. The molecule has 0 aromatic carbocycles. The minimum atomic E-state index is -0.451. The summed E-state index contributed by atoms with van der Waals surface area (Å²) in [5.74, 6) is 0.546. The van der Waals surface area contributed by atoms with Gasteiger partial charge < -0.3 is 24.1 Å². The normalized spacial score (nSPS) is 38.9. The van der Waals surface area contributed by atoms with E-state index in [1.54, 1.807) is 7.11 Å². The first-order chi connectivity index (χ1) is 18.3. The summed E-state index contributed by atoms with van der Waals surface area (Å²) in [6.45, 7) is 9.23. The van der Waals surface area contributed by atoms with Crippen molar-refractivity contribution in [3.63, 3.8) is 0 Å². The first-order valence-electron chi connectivity index (χ1n) is 14.3. The lowest BCUT2D eigenvalue weighted by molar-refractivity contribution is -0.149. The largest absolute Gasteiger partial charge is 0.456 e. The first-order valence-corrected chi connectivity index (χ1v) is 14.3. The molecule has 6 heteroatoms. The number of aliphatic hydroxyl groups is 1. The van der Waals surface area contributed by atoms with Gasteiger partial charge >= 0.3 is 5.97 Å². The van der Waals surface area contributed by atoms with E-state index >= 15 is 0 Å². The Morgan fingerprint density at radius 2 is 2.00 bits per heavy atom. The maximum Gasteiger partial charge on any atom is 0.330 e. The lowest BCUT2D eigenvalue weighted by atomic mass is 9.90. The molecule has 3 aliphatic heterocycles. The highest BCUT2D eigenvalue weighted by Crippen LogP contribution is 2.47. The Kier molecular flexibility index (Phi) is 10.6. The maximum absolute atomic E-state index is 12.9. The van der Waals surface area contributed by atoms with Gasteiger partial charge in [0.05, 0.1) is 31.0 Å². The number of fused-ring (bicyclic) bond motifs is 3. The number of cyclic esters (lactones) is 1. The van der Waals surface area contributed by atoms with Crippen LogP contribution >= 0.6 is 0 Å². The van der Waals surface area contributed by atoms with Gasteiger partial charge in [-0.15, -0.1) is 0 Å². The quantitative estimate of drug-likeness (QED) is 0.378. The van der Waals surface area contributed by atoms with Crippen LogP contribution in [0.1, 0.15) is 65.2 Å². The summed E-state index contributed by atoms with van der Waals surface area (Å²) in [5.41, 5.74) is 2.40. The van der Waals surface area contributed by atoms with Gasteiger partial charge in [-0.3, -0.25) is 0 Å². The third kappa shape index (κ3) is 8.77. The summed E-state index contributed by atoms with van der Waals surface area (Å²) < 4.78 is 23.9. The number of ether oxygens (including phenoxy) is 4. The number of hydrogen-bond acceptors (Lipinski definition) is 6. The average Bonchev–Trinajstić information content (AvgIpc) is 3.63. The molecule has 0 amide bonds. The van der Waals surface area contributed by atoms with E-state index in [9.17, 15) is 9.90 Å². The summed E-state index contributed by atoms with van der Waals surface area (Å²) >= 11 is 0. The van der Waals surface area contributed by atoms with Crippen molar-refractivity contribution in [3.8, 4) is 0 Å². The molecule has 0 aromatic rings. The molecule has 0 saturated heterocycles. The summed E-state index contributed by atoms with van der Waals surface area (Å²) in [7, 11) is 1.64. The van der Waals surface area contributed by atoms with Gasteiger partial charge in [0.2, 0.25) is 0 Å². The molecule has 1 N–H and O–H groups in total. The van der Waals surface area contributed by atoms with E-state index < -0.39 is 18.3 Å². The molecule has 9 atom stereocenters.